The summed E-state index contributed by atoms with van der Waals surface area (Å²) in [6.07, 6.45) is -4.24. The summed E-state index contributed by atoms with van der Waals surface area (Å²) in [5, 5.41) is 2.92. The highest BCUT2D eigenvalue weighted by atomic mass is 32.2. The molecule has 0 amide bonds. The molecule has 1 aliphatic carbocycles. The Morgan fingerprint density at radius 3 is 2.38 bits per heavy atom. The van der Waals surface area contributed by atoms with Gasteiger partial charge in [0, 0.05) is 25.5 Å². The van der Waals surface area contributed by atoms with Crippen LogP contribution >= 0.6 is 0 Å². The first-order valence-electron chi connectivity index (χ1n) is 6.98. The van der Waals surface area contributed by atoms with E-state index in [2.05, 4.69) is 10.1 Å². The minimum Gasteiger partial charge on any atom is -0.381 e. The van der Waals surface area contributed by atoms with Crippen LogP contribution in [-0.2, 0) is 24.1 Å². The molecule has 0 spiro atoms. The van der Waals surface area contributed by atoms with Crippen molar-refractivity contribution in [1.82, 2.24) is 5.32 Å². The lowest BCUT2D eigenvalue weighted by Crippen LogP contribution is -2.50. The van der Waals surface area contributed by atoms with Gasteiger partial charge in [0.05, 0.1) is 6.54 Å². The van der Waals surface area contributed by atoms with Gasteiger partial charge in [-0.15, -0.1) is 13.2 Å². The SMILES string of the molecule is COC1(C(C)=O)CNC2=C1CC(OC(F)(F)F)(S(C)(=O)=O)C=C2C. The molecular formula is C14H18F3NO5S. The monoisotopic (exact) mass is 369 g/mol. The summed E-state index contributed by atoms with van der Waals surface area (Å²) >= 11 is 0. The number of ketones is 1. The Morgan fingerprint density at radius 1 is 1.38 bits per heavy atom. The molecule has 6 nitrogen and oxygen atoms in total. The van der Waals surface area contributed by atoms with Crippen molar-refractivity contribution in [2.75, 3.05) is 19.9 Å². The van der Waals surface area contributed by atoms with Crippen LogP contribution in [0.5, 0.6) is 0 Å². The highest BCUT2D eigenvalue weighted by Crippen LogP contribution is 2.46. The second-order valence-corrected chi connectivity index (χ2v) is 8.17. The van der Waals surface area contributed by atoms with E-state index in [-0.39, 0.29) is 17.7 Å². The van der Waals surface area contributed by atoms with Crippen LogP contribution in [0.25, 0.3) is 0 Å². The van der Waals surface area contributed by atoms with Gasteiger partial charge in [0.1, 0.15) is 0 Å². The van der Waals surface area contributed by atoms with Crippen LogP contribution in [0.4, 0.5) is 13.2 Å². The van der Waals surface area contributed by atoms with Gasteiger partial charge in [-0.05, 0) is 31.1 Å². The number of nitrogens with one attached hydrogen (secondary N) is 1. The van der Waals surface area contributed by atoms with Crippen LogP contribution < -0.4 is 5.32 Å². The molecule has 0 radical (unpaired) electrons. The third-order valence-electron chi connectivity index (χ3n) is 4.39. The number of carbonyl (C=O) groups excluding carboxylic acids is 1. The van der Waals surface area contributed by atoms with Gasteiger partial charge < -0.3 is 10.1 Å². The zero-order valence-electron chi connectivity index (χ0n) is 13.6. The Labute approximate surface area is 137 Å². The fourth-order valence-corrected chi connectivity index (χ4v) is 4.23. The van der Waals surface area contributed by atoms with E-state index in [1.807, 2.05) is 0 Å². The summed E-state index contributed by atoms with van der Waals surface area (Å²) in [5.41, 5.74) is -0.717. The van der Waals surface area contributed by atoms with Crippen molar-refractivity contribution in [3.63, 3.8) is 0 Å². The number of methoxy groups -OCH3 is 1. The van der Waals surface area contributed by atoms with Crippen LogP contribution in [-0.4, -0.2) is 51.0 Å². The van der Waals surface area contributed by atoms with E-state index < -0.39 is 38.9 Å². The van der Waals surface area contributed by atoms with E-state index in [1.54, 1.807) is 0 Å². The number of sulfone groups is 1. The summed E-state index contributed by atoms with van der Waals surface area (Å²) in [5.74, 6) is -0.438. The lowest BCUT2D eigenvalue weighted by Gasteiger charge is -2.37. The predicted octanol–water partition coefficient (Wildman–Crippen LogP) is 1.45. The highest BCUT2D eigenvalue weighted by molar-refractivity contribution is 7.92. The molecule has 10 heteroatoms. The maximum Gasteiger partial charge on any atom is 0.524 e. The third-order valence-corrected chi connectivity index (χ3v) is 5.99. The molecule has 2 aliphatic rings. The normalized spacial score (nSPS) is 30.7. The summed E-state index contributed by atoms with van der Waals surface area (Å²) in [4.78, 5) is 9.44. The Kier molecular flexibility index (Phi) is 4.39. The molecule has 1 heterocycles. The molecule has 1 N–H and O–H groups in total. The molecule has 0 aromatic heterocycles. The first-order valence-corrected chi connectivity index (χ1v) is 8.87. The largest absolute Gasteiger partial charge is 0.524 e. The maximum atomic E-state index is 12.9. The van der Waals surface area contributed by atoms with E-state index >= 15 is 0 Å². The lowest BCUT2D eigenvalue weighted by atomic mass is 9.83. The Morgan fingerprint density at radius 2 is 1.96 bits per heavy atom. The van der Waals surface area contributed by atoms with E-state index in [1.165, 1.54) is 21.0 Å². The molecular weight excluding hydrogens is 351 g/mol. The Balaban J connectivity index is 2.65. The van der Waals surface area contributed by atoms with Crippen molar-refractivity contribution in [2.24, 2.45) is 0 Å². The number of alkyl halides is 3. The molecule has 2 unspecified atom stereocenters. The molecule has 0 saturated carbocycles. The number of hydrogen-bond acceptors (Lipinski definition) is 6. The predicted molar refractivity (Wildman–Crippen MR) is 78.5 cm³/mol. The second kappa shape index (κ2) is 5.57. The van der Waals surface area contributed by atoms with E-state index in [0.717, 1.165) is 6.08 Å². The van der Waals surface area contributed by atoms with E-state index in [4.69, 9.17) is 4.74 Å². The number of Topliss-reactive ketones (excluding diaryl/α,β-unsaturated/α-hetero) is 1. The number of ether oxygens (including phenoxy) is 2. The average molecular weight is 369 g/mol. The Hall–Kier alpha value is -1.39. The quantitative estimate of drug-likeness (QED) is 0.808. The van der Waals surface area contributed by atoms with Crippen LogP contribution in [0.2, 0.25) is 0 Å². The molecule has 0 bridgehead atoms. The van der Waals surface area contributed by atoms with Gasteiger partial charge in [-0.1, -0.05) is 0 Å². The van der Waals surface area contributed by atoms with Crippen LogP contribution in [0.1, 0.15) is 20.3 Å². The first-order chi connectivity index (χ1) is 10.8. The van der Waals surface area contributed by atoms with E-state index in [0.29, 0.717) is 12.0 Å². The van der Waals surface area contributed by atoms with Crippen molar-refractivity contribution >= 4 is 15.6 Å². The van der Waals surface area contributed by atoms with Crippen molar-refractivity contribution in [3.05, 3.63) is 22.9 Å². The number of rotatable bonds is 4. The van der Waals surface area contributed by atoms with Gasteiger partial charge in [0.15, 0.2) is 21.2 Å². The van der Waals surface area contributed by atoms with Crippen molar-refractivity contribution < 1.29 is 35.9 Å². The summed E-state index contributed by atoms with van der Waals surface area (Å²) < 4.78 is 72.2. The average Bonchev–Trinajstić information content (AvgIpc) is 2.75. The van der Waals surface area contributed by atoms with Crippen molar-refractivity contribution in [1.29, 1.82) is 0 Å². The zero-order valence-corrected chi connectivity index (χ0v) is 14.4. The second-order valence-electron chi connectivity index (χ2n) is 5.93. The molecule has 0 fully saturated rings. The van der Waals surface area contributed by atoms with Gasteiger partial charge in [0.2, 0.25) is 4.93 Å². The number of carbonyl (C=O) groups is 1. The molecule has 1 aliphatic heterocycles. The summed E-state index contributed by atoms with van der Waals surface area (Å²) in [6.45, 7) is 2.70. The molecule has 24 heavy (non-hydrogen) atoms. The first kappa shape index (κ1) is 18.9. The topological polar surface area (TPSA) is 81.7 Å². The third kappa shape index (κ3) is 2.86. The minimum atomic E-state index is -5.17. The van der Waals surface area contributed by atoms with E-state index in [9.17, 15) is 26.4 Å². The van der Waals surface area contributed by atoms with Crippen molar-refractivity contribution in [2.45, 2.75) is 37.2 Å². The minimum absolute atomic E-state index is 0.0144. The summed E-state index contributed by atoms with van der Waals surface area (Å²) in [6, 6.07) is 0. The number of hydrogen-bond donors (Lipinski definition) is 1. The molecule has 0 aromatic rings. The summed E-state index contributed by atoms with van der Waals surface area (Å²) in [7, 11) is -3.07. The van der Waals surface area contributed by atoms with Gasteiger partial charge in [-0.3, -0.25) is 9.53 Å². The zero-order chi connectivity index (χ0) is 18.6. The van der Waals surface area contributed by atoms with Crippen LogP contribution in [0.3, 0.4) is 0 Å². The highest BCUT2D eigenvalue weighted by Gasteiger charge is 2.57. The molecule has 2 rings (SSSR count). The maximum absolute atomic E-state index is 12.9. The van der Waals surface area contributed by atoms with Crippen LogP contribution in [0, 0.1) is 0 Å². The van der Waals surface area contributed by atoms with Gasteiger partial charge >= 0.3 is 6.36 Å². The molecule has 0 aromatic carbocycles. The number of halogens is 3. The van der Waals surface area contributed by atoms with Crippen molar-refractivity contribution in [3.8, 4) is 0 Å². The molecule has 136 valence electrons. The van der Waals surface area contributed by atoms with Crippen LogP contribution in [0.15, 0.2) is 22.9 Å². The standard InChI is InChI=1S/C14H18F3NO5S/c1-8-5-12(24(4,20)21,23-14(15,16)17)6-10-11(8)18-7-13(10,22-3)9(2)19/h5,18H,6-7H2,1-4H3. The Bertz CT molecular complexity index is 740. The smallest absolute Gasteiger partial charge is 0.381 e. The number of allylic oxidation sites excluding steroid dienone is 1. The lowest BCUT2D eigenvalue weighted by molar-refractivity contribution is -0.344. The van der Waals surface area contributed by atoms with Gasteiger partial charge in [0.25, 0.3) is 0 Å². The van der Waals surface area contributed by atoms with Gasteiger partial charge in [-0.2, -0.15) is 0 Å². The van der Waals surface area contributed by atoms with Gasteiger partial charge in [-0.25, -0.2) is 8.42 Å². The molecule has 2 atom stereocenters. The molecule has 0 saturated heterocycles. The fourth-order valence-electron chi connectivity index (χ4n) is 3.19. The fraction of sp³-hybridized carbons (Fsp3) is 0.643.